The van der Waals surface area contributed by atoms with Crippen molar-refractivity contribution in [1.82, 2.24) is 9.97 Å². The average molecular weight is 389 g/mol. The summed E-state index contributed by atoms with van der Waals surface area (Å²) >= 11 is 0. The number of rotatable bonds is 3. The standard InChI is InChI=1S/C24H27N3O2/c1-15-5-3-6-18(13-15)26-24-25-16(2)20-14-17(9-10-21(20)27-24)19-7-4-8-22-23(19)29-12-11-28-22/h4,7-10,14-15,18H,3,5-6,11-13H2,1-2H3,(H,25,26,27)/t15-,18+/m1/s1. The predicted molar refractivity (Wildman–Crippen MR) is 116 cm³/mol. The van der Waals surface area contributed by atoms with Gasteiger partial charge in [0.25, 0.3) is 0 Å². The summed E-state index contributed by atoms with van der Waals surface area (Å²) in [5.74, 6) is 3.15. The molecule has 0 radical (unpaired) electrons. The van der Waals surface area contributed by atoms with E-state index >= 15 is 0 Å². The van der Waals surface area contributed by atoms with Gasteiger partial charge in [0.15, 0.2) is 11.5 Å². The van der Waals surface area contributed by atoms with Crippen LogP contribution >= 0.6 is 0 Å². The minimum absolute atomic E-state index is 0.475. The van der Waals surface area contributed by atoms with Gasteiger partial charge in [-0.25, -0.2) is 9.97 Å². The summed E-state index contributed by atoms with van der Waals surface area (Å²) in [6, 6.07) is 12.9. The number of nitrogens with zero attached hydrogens (tertiary/aromatic N) is 2. The van der Waals surface area contributed by atoms with Gasteiger partial charge in [0, 0.05) is 17.0 Å². The van der Waals surface area contributed by atoms with Gasteiger partial charge in [0.1, 0.15) is 13.2 Å². The van der Waals surface area contributed by atoms with E-state index in [1.807, 2.05) is 12.1 Å². The Morgan fingerprint density at radius 2 is 1.93 bits per heavy atom. The van der Waals surface area contributed by atoms with Crippen molar-refractivity contribution in [3.63, 3.8) is 0 Å². The van der Waals surface area contributed by atoms with Gasteiger partial charge in [-0.05, 0) is 49.4 Å². The molecule has 1 aliphatic carbocycles. The Morgan fingerprint density at radius 1 is 1.03 bits per heavy atom. The van der Waals surface area contributed by atoms with Gasteiger partial charge < -0.3 is 14.8 Å². The number of aromatic nitrogens is 2. The molecule has 1 N–H and O–H groups in total. The number of aryl methyl sites for hydroxylation is 1. The number of fused-ring (bicyclic) bond motifs is 2. The first-order chi connectivity index (χ1) is 14.2. The second-order valence-corrected chi connectivity index (χ2v) is 8.31. The average Bonchev–Trinajstić information content (AvgIpc) is 2.73. The van der Waals surface area contributed by atoms with E-state index in [9.17, 15) is 0 Å². The maximum absolute atomic E-state index is 5.90. The van der Waals surface area contributed by atoms with Gasteiger partial charge in [0.05, 0.1) is 11.2 Å². The third-order valence-corrected chi connectivity index (χ3v) is 6.03. The molecule has 2 heterocycles. The lowest BCUT2D eigenvalue weighted by Crippen LogP contribution is -2.27. The Morgan fingerprint density at radius 3 is 2.83 bits per heavy atom. The highest BCUT2D eigenvalue weighted by molar-refractivity contribution is 5.88. The number of nitrogens with one attached hydrogen (secondary N) is 1. The summed E-state index contributed by atoms with van der Waals surface area (Å²) in [6.45, 7) is 5.56. The second-order valence-electron chi connectivity index (χ2n) is 8.31. The molecule has 0 spiro atoms. The van der Waals surface area contributed by atoms with Crippen molar-refractivity contribution in [3.8, 4) is 22.6 Å². The molecule has 5 heteroatoms. The maximum Gasteiger partial charge on any atom is 0.223 e. The van der Waals surface area contributed by atoms with E-state index < -0.39 is 0 Å². The molecule has 2 aromatic carbocycles. The molecule has 1 fully saturated rings. The monoisotopic (exact) mass is 389 g/mol. The van der Waals surface area contributed by atoms with Crippen LogP contribution in [0.2, 0.25) is 0 Å². The summed E-state index contributed by atoms with van der Waals surface area (Å²) in [5.41, 5.74) is 4.09. The van der Waals surface area contributed by atoms with Crippen LogP contribution in [-0.2, 0) is 0 Å². The highest BCUT2D eigenvalue weighted by atomic mass is 16.6. The third kappa shape index (κ3) is 3.61. The van der Waals surface area contributed by atoms with Gasteiger partial charge in [-0.3, -0.25) is 0 Å². The van der Waals surface area contributed by atoms with Crippen molar-refractivity contribution in [3.05, 3.63) is 42.1 Å². The highest BCUT2D eigenvalue weighted by Crippen LogP contribution is 2.40. The zero-order valence-electron chi connectivity index (χ0n) is 17.1. The van der Waals surface area contributed by atoms with Crippen molar-refractivity contribution in [1.29, 1.82) is 0 Å². The van der Waals surface area contributed by atoms with Crippen LogP contribution in [0.3, 0.4) is 0 Å². The van der Waals surface area contributed by atoms with E-state index in [0.29, 0.717) is 19.3 Å². The molecule has 0 bridgehead atoms. The molecule has 1 saturated carbocycles. The first kappa shape index (κ1) is 18.2. The normalized spacial score (nSPS) is 21.2. The molecule has 2 atom stereocenters. The first-order valence-corrected chi connectivity index (χ1v) is 10.6. The van der Waals surface area contributed by atoms with Crippen LogP contribution in [0.1, 0.15) is 38.3 Å². The lowest BCUT2D eigenvalue weighted by atomic mass is 9.87. The van der Waals surface area contributed by atoms with Crippen molar-refractivity contribution >= 4 is 16.9 Å². The number of para-hydroxylation sites is 1. The van der Waals surface area contributed by atoms with Crippen LogP contribution in [0.25, 0.3) is 22.0 Å². The Labute approximate surface area is 171 Å². The van der Waals surface area contributed by atoms with E-state index in [0.717, 1.165) is 51.1 Å². The van der Waals surface area contributed by atoms with Crippen LogP contribution in [0.5, 0.6) is 11.5 Å². The molecule has 5 rings (SSSR count). The van der Waals surface area contributed by atoms with Crippen LogP contribution in [-0.4, -0.2) is 29.2 Å². The first-order valence-electron chi connectivity index (χ1n) is 10.6. The SMILES string of the molecule is Cc1nc(N[C@H]2CCC[C@@H](C)C2)nc2ccc(-c3cccc4c3OCCO4)cc12. The molecule has 5 nitrogen and oxygen atoms in total. The number of hydrogen-bond donors (Lipinski definition) is 1. The molecule has 0 amide bonds. The fraction of sp³-hybridized carbons (Fsp3) is 0.417. The van der Waals surface area contributed by atoms with E-state index in [-0.39, 0.29) is 0 Å². The predicted octanol–water partition coefficient (Wildman–Crippen LogP) is 5.37. The molecular formula is C24H27N3O2. The summed E-state index contributed by atoms with van der Waals surface area (Å²) in [4.78, 5) is 9.56. The zero-order valence-corrected chi connectivity index (χ0v) is 17.1. The topological polar surface area (TPSA) is 56.3 Å². The maximum atomic E-state index is 5.90. The van der Waals surface area contributed by atoms with E-state index in [4.69, 9.17) is 19.4 Å². The van der Waals surface area contributed by atoms with Crippen LogP contribution in [0, 0.1) is 12.8 Å². The van der Waals surface area contributed by atoms with Crippen molar-refractivity contribution in [2.75, 3.05) is 18.5 Å². The quantitative estimate of drug-likeness (QED) is 0.653. The summed E-state index contributed by atoms with van der Waals surface area (Å²) in [5, 5.41) is 4.64. The largest absolute Gasteiger partial charge is 0.486 e. The number of hydrogen-bond acceptors (Lipinski definition) is 5. The number of ether oxygens (including phenoxy) is 2. The van der Waals surface area contributed by atoms with Crippen LogP contribution < -0.4 is 14.8 Å². The molecule has 0 unspecified atom stereocenters. The molecule has 3 aromatic rings. The lowest BCUT2D eigenvalue weighted by Gasteiger charge is -2.27. The molecule has 0 saturated heterocycles. The van der Waals surface area contributed by atoms with E-state index in [2.05, 4.69) is 43.4 Å². The Bertz CT molecular complexity index is 1050. The molecule has 1 aliphatic heterocycles. The number of anilines is 1. The van der Waals surface area contributed by atoms with Gasteiger partial charge in [-0.2, -0.15) is 0 Å². The summed E-state index contributed by atoms with van der Waals surface area (Å²) in [7, 11) is 0. The minimum atomic E-state index is 0.475. The molecule has 2 aliphatic rings. The van der Waals surface area contributed by atoms with Crippen LogP contribution in [0.4, 0.5) is 5.95 Å². The minimum Gasteiger partial charge on any atom is -0.486 e. The molecular weight excluding hydrogens is 362 g/mol. The zero-order chi connectivity index (χ0) is 19.8. The van der Waals surface area contributed by atoms with Gasteiger partial charge >= 0.3 is 0 Å². The van der Waals surface area contributed by atoms with E-state index in [1.165, 1.54) is 25.7 Å². The molecule has 1 aromatic heterocycles. The smallest absolute Gasteiger partial charge is 0.223 e. The van der Waals surface area contributed by atoms with Crippen molar-refractivity contribution < 1.29 is 9.47 Å². The van der Waals surface area contributed by atoms with Gasteiger partial charge in [-0.1, -0.05) is 38.0 Å². The third-order valence-electron chi connectivity index (χ3n) is 6.03. The van der Waals surface area contributed by atoms with Gasteiger partial charge in [0.2, 0.25) is 5.95 Å². The Kier molecular flexibility index (Phi) is 4.74. The Balaban J connectivity index is 1.48. The molecule has 150 valence electrons. The summed E-state index contributed by atoms with van der Waals surface area (Å²) < 4.78 is 11.6. The van der Waals surface area contributed by atoms with Crippen molar-refractivity contribution in [2.45, 2.75) is 45.6 Å². The highest BCUT2D eigenvalue weighted by Gasteiger charge is 2.20. The lowest BCUT2D eigenvalue weighted by molar-refractivity contribution is 0.172. The summed E-state index contributed by atoms with van der Waals surface area (Å²) in [6.07, 6.45) is 5.00. The Hall–Kier alpha value is -2.82. The molecule has 29 heavy (non-hydrogen) atoms. The van der Waals surface area contributed by atoms with Crippen LogP contribution in [0.15, 0.2) is 36.4 Å². The fourth-order valence-electron chi connectivity index (χ4n) is 4.56. The fourth-order valence-corrected chi connectivity index (χ4v) is 4.56. The second kappa shape index (κ2) is 7.54. The van der Waals surface area contributed by atoms with E-state index in [1.54, 1.807) is 0 Å². The van der Waals surface area contributed by atoms with Gasteiger partial charge in [-0.15, -0.1) is 0 Å². The van der Waals surface area contributed by atoms with Crippen molar-refractivity contribution in [2.24, 2.45) is 5.92 Å². The number of benzene rings is 2.